The molecule has 0 saturated heterocycles. The quantitative estimate of drug-likeness (QED) is 0.768. The molecule has 0 fully saturated rings. The number of amides is 2. The van der Waals surface area contributed by atoms with E-state index in [1.54, 1.807) is 36.4 Å². The molecule has 1 aliphatic rings. The standard InChI is InChI=1S/C20H20N2O6/c1-12(28-20(25)14-4-3-5-15(10-14)21-13(2)23)19(24)22-16-6-7-17-18(11-16)27-9-8-26-17/h3-7,10-12H,8-9H2,1-2H3,(H,21,23)(H,22,24)/t12-/m0/s1. The second kappa shape index (κ2) is 8.43. The van der Waals surface area contributed by atoms with E-state index in [0.29, 0.717) is 36.1 Å². The lowest BCUT2D eigenvalue weighted by molar-refractivity contribution is -0.123. The van der Waals surface area contributed by atoms with E-state index >= 15 is 0 Å². The monoisotopic (exact) mass is 384 g/mol. The van der Waals surface area contributed by atoms with Crippen molar-refractivity contribution in [1.29, 1.82) is 0 Å². The Balaban J connectivity index is 1.61. The third-order valence-corrected chi connectivity index (χ3v) is 3.88. The van der Waals surface area contributed by atoms with Gasteiger partial charge in [-0.05, 0) is 37.3 Å². The third-order valence-electron chi connectivity index (χ3n) is 3.88. The van der Waals surface area contributed by atoms with Gasteiger partial charge < -0.3 is 24.8 Å². The van der Waals surface area contributed by atoms with Crippen LogP contribution in [0.2, 0.25) is 0 Å². The van der Waals surface area contributed by atoms with Crippen LogP contribution in [0.25, 0.3) is 0 Å². The first kappa shape index (κ1) is 19.2. The maximum atomic E-state index is 12.3. The Morgan fingerprint density at radius 1 is 0.964 bits per heavy atom. The number of rotatable bonds is 5. The van der Waals surface area contributed by atoms with Crippen LogP contribution in [-0.4, -0.2) is 37.1 Å². The molecule has 2 N–H and O–H groups in total. The van der Waals surface area contributed by atoms with E-state index in [1.807, 2.05) is 0 Å². The van der Waals surface area contributed by atoms with Crippen molar-refractivity contribution < 1.29 is 28.6 Å². The molecule has 0 saturated carbocycles. The first-order valence-corrected chi connectivity index (χ1v) is 8.71. The summed E-state index contributed by atoms with van der Waals surface area (Å²) in [6.07, 6.45) is -1.02. The van der Waals surface area contributed by atoms with Gasteiger partial charge in [0.2, 0.25) is 5.91 Å². The third kappa shape index (κ3) is 4.79. The molecule has 0 radical (unpaired) electrons. The smallest absolute Gasteiger partial charge is 0.338 e. The van der Waals surface area contributed by atoms with Crippen molar-refractivity contribution in [3.63, 3.8) is 0 Å². The number of esters is 1. The summed E-state index contributed by atoms with van der Waals surface area (Å²) in [6, 6.07) is 11.3. The molecule has 8 heteroatoms. The number of nitrogens with one attached hydrogen (secondary N) is 2. The molecule has 0 aliphatic carbocycles. The van der Waals surface area contributed by atoms with E-state index in [2.05, 4.69) is 10.6 Å². The second-order valence-corrected chi connectivity index (χ2v) is 6.16. The van der Waals surface area contributed by atoms with E-state index in [0.717, 1.165) is 0 Å². The second-order valence-electron chi connectivity index (χ2n) is 6.16. The van der Waals surface area contributed by atoms with Crippen LogP contribution in [0.3, 0.4) is 0 Å². The summed E-state index contributed by atoms with van der Waals surface area (Å²) >= 11 is 0. The zero-order valence-corrected chi connectivity index (χ0v) is 15.5. The highest BCUT2D eigenvalue weighted by Gasteiger charge is 2.20. The Hall–Kier alpha value is -3.55. The van der Waals surface area contributed by atoms with Crippen LogP contribution in [-0.2, 0) is 14.3 Å². The van der Waals surface area contributed by atoms with Gasteiger partial charge in [0.25, 0.3) is 5.91 Å². The zero-order chi connectivity index (χ0) is 20.1. The predicted molar refractivity (Wildman–Crippen MR) is 102 cm³/mol. The minimum absolute atomic E-state index is 0.227. The molecule has 8 nitrogen and oxygen atoms in total. The fourth-order valence-corrected chi connectivity index (χ4v) is 2.57. The summed E-state index contributed by atoms with van der Waals surface area (Å²) in [4.78, 5) is 35.8. The minimum atomic E-state index is -1.02. The van der Waals surface area contributed by atoms with Crippen molar-refractivity contribution in [1.82, 2.24) is 0 Å². The molecule has 2 aromatic rings. The normalized spacial score (nSPS) is 13.2. The number of ether oxygens (including phenoxy) is 3. The van der Waals surface area contributed by atoms with Gasteiger partial charge in [0.1, 0.15) is 13.2 Å². The Bertz CT molecular complexity index is 911. The van der Waals surface area contributed by atoms with Gasteiger partial charge in [-0.1, -0.05) is 6.07 Å². The van der Waals surface area contributed by atoms with Gasteiger partial charge in [-0.3, -0.25) is 9.59 Å². The minimum Gasteiger partial charge on any atom is -0.486 e. The van der Waals surface area contributed by atoms with E-state index in [9.17, 15) is 14.4 Å². The molecule has 1 aliphatic heterocycles. The Kier molecular flexibility index (Phi) is 5.78. The largest absolute Gasteiger partial charge is 0.486 e. The molecule has 1 atom stereocenters. The average Bonchev–Trinajstić information content (AvgIpc) is 2.67. The van der Waals surface area contributed by atoms with Crippen LogP contribution in [0, 0.1) is 0 Å². The number of fused-ring (bicyclic) bond motifs is 1. The van der Waals surface area contributed by atoms with Crippen molar-refractivity contribution in [2.24, 2.45) is 0 Å². The molecular formula is C20H20N2O6. The zero-order valence-electron chi connectivity index (χ0n) is 15.5. The summed E-state index contributed by atoms with van der Waals surface area (Å²) in [5.41, 5.74) is 1.20. The maximum Gasteiger partial charge on any atom is 0.338 e. The number of carbonyl (C=O) groups excluding carboxylic acids is 3. The van der Waals surface area contributed by atoms with Gasteiger partial charge in [0, 0.05) is 24.4 Å². The number of benzene rings is 2. The predicted octanol–water partition coefficient (Wildman–Crippen LogP) is 2.60. The Labute approximate surface area is 161 Å². The maximum absolute atomic E-state index is 12.3. The molecule has 3 rings (SSSR count). The van der Waals surface area contributed by atoms with Gasteiger partial charge in [-0.25, -0.2) is 4.79 Å². The van der Waals surface area contributed by atoms with Crippen molar-refractivity contribution in [3.05, 3.63) is 48.0 Å². The fraction of sp³-hybridized carbons (Fsp3) is 0.250. The van der Waals surface area contributed by atoms with Crippen LogP contribution in [0.15, 0.2) is 42.5 Å². The van der Waals surface area contributed by atoms with E-state index in [1.165, 1.54) is 19.9 Å². The highest BCUT2D eigenvalue weighted by molar-refractivity contribution is 5.98. The van der Waals surface area contributed by atoms with E-state index in [4.69, 9.17) is 14.2 Å². The highest BCUT2D eigenvalue weighted by Crippen LogP contribution is 2.32. The summed E-state index contributed by atoms with van der Waals surface area (Å²) in [6.45, 7) is 3.77. The van der Waals surface area contributed by atoms with Crippen LogP contribution in [0.1, 0.15) is 24.2 Å². The number of hydrogen-bond acceptors (Lipinski definition) is 6. The van der Waals surface area contributed by atoms with Gasteiger partial charge in [-0.2, -0.15) is 0 Å². The molecule has 2 amide bonds. The van der Waals surface area contributed by atoms with Crippen LogP contribution in [0.5, 0.6) is 11.5 Å². The lowest BCUT2D eigenvalue weighted by Crippen LogP contribution is -2.30. The summed E-state index contributed by atoms with van der Waals surface area (Å²) in [5.74, 6) is -0.246. The molecule has 0 aromatic heterocycles. The Morgan fingerprint density at radius 2 is 1.68 bits per heavy atom. The fourth-order valence-electron chi connectivity index (χ4n) is 2.57. The molecule has 146 valence electrons. The van der Waals surface area contributed by atoms with Gasteiger partial charge in [0.15, 0.2) is 17.6 Å². The molecule has 2 aromatic carbocycles. The van der Waals surface area contributed by atoms with Gasteiger partial charge in [-0.15, -0.1) is 0 Å². The molecule has 0 bridgehead atoms. The highest BCUT2D eigenvalue weighted by atomic mass is 16.6. The summed E-state index contributed by atoms with van der Waals surface area (Å²) < 4.78 is 16.1. The number of hydrogen-bond donors (Lipinski definition) is 2. The topological polar surface area (TPSA) is 103 Å². The Morgan fingerprint density at radius 3 is 2.43 bits per heavy atom. The van der Waals surface area contributed by atoms with Gasteiger partial charge >= 0.3 is 5.97 Å². The number of carbonyl (C=O) groups is 3. The molecule has 0 unspecified atom stereocenters. The lowest BCUT2D eigenvalue weighted by Gasteiger charge is -2.19. The van der Waals surface area contributed by atoms with Crippen molar-refractivity contribution >= 4 is 29.2 Å². The summed E-state index contributed by atoms with van der Waals surface area (Å²) in [7, 11) is 0. The average molecular weight is 384 g/mol. The van der Waals surface area contributed by atoms with E-state index in [-0.39, 0.29) is 11.5 Å². The molecule has 28 heavy (non-hydrogen) atoms. The van der Waals surface area contributed by atoms with Crippen molar-refractivity contribution in [2.75, 3.05) is 23.8 Å². The van der Waals surface area contributed by atoms with Crippen LogP contribution >= 0.6 is 0 Å². The van der Waals surface area contributed by atoms with Crippen molar-refractivity contribution in [2.45, 2.75) is 20.0 Å². The summed E-state index contributed by atoms with van der Waals surface area (Å²) in [5, 5.41) is 5.26. The SMILES string of the molecule is CC(=O)Nc1cccc(C(=O)O[C@@H](C)C(=O)Nc2ccc3c(c2)OCCO3)c1. The van der Waals surface area contributed by atoms with Gasteiger partial charge in [0.05, 0.1) is 5.56 Å². The van der Waals surface area contributed by atoms with E-state index < -0.39 is 18.0 Å². The lowest BCUT2D eigenvalue weighted by atomic mass is 10.2. The van der Waals surface area contributed by atoms with Crippen LogP contribution in [0.4, 0.5) is 11.4 Å². The molecule has 1 heterocycles. The van der Waals surface area contributed by atoms with Crippen molar-refractivity contribution in [3.8, 4) is 11.5 Å². The molecule has 0 spiro atoms. The first-order valence-electron chi connectivity index (χ1n) is 8.71. The number of anilines is 2. The van der Waals surface area contributed by atoms with Crippen LogP contribution < -0.4 is 20.1 Å². The first-order chi connectivity index (χ1) is 13.4. The molecular weight excluding hydrogens is 364 g/mol.